The Kier molecular flexibility index (Phi) is 5.94. The fourth-order valence-electron chi connectivity index (χ4n) is 3.97. The summed E-state index contributed by atoms with van der Waals surface area (Å²) in [4.78, 5) is 20.3. The van der Waals surface area contributed by atoms with E-state index in [0.717, 1.165) is 27.9 Å². The van der Waals surface area contributed by atoms with Crippen molar-refractivity contribution in [3.05, 3.63) is 99.4 Å². The zero-order valence-corrected chi connectivity index (χ0v) is 20.0. The fourth-order valence-corrected chi connectivity index (χ4v) is 4.75. The number of carbonyl (C=O) groups is 1. The Morgan fingerprint density at radius 3 is 2.39 bits per heavy atom. The molecule has 0 amide bonds. The molecule has 2 heterocycles. The maximum absolute atomic E-state index is 12.5. The minimum absolute atomic E-state index is 0.273. The number of fused-ring (bicyclic) bond motifs is 1. The normalized spacial score (nSPS) is 11.3. The first-order valence-electron chi connectivity index (χ1n) is 9.98. The van der Waals surface area contributed by atoms with E-state index < -0.39 is 5.24 Å². The van der Waals surface area contributed by atoms with Crippen molar-refractivity contribution in [3.8, 4) is 22.5 Å². The van der Waals surface area contributed by atoms with Gasteiger partial charge in [-0.2, -0.15) is 0 Å². The molecule has 0 spiro atoms. The molecule has 0 saturated carbocycles. The molecule has 0 bridgehead atoms. The summed E-state index contributed by atoms with van der Waals surface area (Å²) >= 11 is 24.8. The molecule has 0 aliphatic carbocycles. The van der Waals surface area contributed by atoms with E-state index in [4.69, 9.17) is 51.4 Å². The Labute approximate surface area is 209 Å². The van der Waals surface area contributed by atoms with Gasteiger partial charge in [-0.05, 0) is 41.4 Å². The van der Waals surface area contributed by atoms with Crippen molar-refractivity contribution in [1.29, 1.82) is 0 Å². The van der Waals surface area contributed by atoms with Gasteiger partial charge in [-0.15, -0.1) is 0 Å². The summed E-state index contributed by atoms with van der Waals surface area (Å²) in [5.41, 5.74) is 4.86. The molecule has 3 aromatic carbocycles. The lowest BCUT2D eigenvalue weighted by atomic mass is 10.0. The predicted molar refractivity (Wildman–Crippen MR) is 136 cm³/mol. The van der Waals surface area contributed by atoms with Gasteiger partial charge in [0, 0.05) is 37.1 Å². The lowest BCUT2D eigenvalue weighted by Gasteiger charge is -2.13. The average Bonchev–Trinajstić information content (AvgIpc) is 3.37. The molecule has 5 rings (SSSR count). The van der Waals surface area contributed by atoms with Crippen molar-refractivity contribution in [2.24, 2.45) is 0 Å². The van der Waals surface area contributed by atoms with E-state index in [2.05, 4.69) is 4.98 Å². The van der Waals surface area contributed by atoms with Crippen LogP contribution in [0.15, 0.2) is 73.1 Å². The van der Waals surface area contributed by atoms with Crippen molar-refractivity contribution in [1.82, 2.24) is 14.5 Å². The van der Waals surface area contributed by atoms with Gasteiger partial charge in [-0.1, -0.05) is 77.3 Å². The van der Waals surface area contributed by atoms with E-state index >= 15 is 0 Å². The molecule has 5 aromatic rings. The summed E-state index contributed by atoms with van der Waals surface area (Å²) in [5, 5.41) is 1.86. The van der Waals surface area contributed by atoms with E-state index in [9.17, 15) is 4.79 Å². The van der Waals surface area contributed by atoms with Crippen LogP contribution in [0.1, 0.15) is 16.1 Å². The Hall–Kier alpha value is -2.76. The molecule has 8 heteroatoms. The molecule has 0 atom stereocenters. The third-order valence-corrected chi connectivity index (χ3v) is 6.45. The number of rotatable bonds is 5. The van der Waals surface area contributed by atoms with Gasteiger partial charge in [0.15, 0.2) is 0 Å². The molecule has 1 N–H and O–H groups in total. The van der Waals surface area contributed by atoms with E-state index in [-0.39, 0.29) is 5.69 Å². The lowest BCUT2D eigenvalue weighted by Crippen LogP contribution is -2.04. The summed E-state index contributed by atoms with van der Waals surface area (Å²) in [7, 11) is 0. The summed E-state index contributed by atoms with van der Waals surface area (Å²) in [6.07, 6.45) is 1.74. The predicted octanol–water partition coefficient (Wildman–Crippen LogP) is 8.09. The fraction of sp³-hybridized carbons (Fsp3) is 0.0400. The summed E-state index contributed by atoms with van der Waals surface area (Å²) in [6.45, 7) is 0.418. The van der Waals surface area contributed by atoms with Crippen LogP contribution in [-0.2, 0) is 6.54 Å². The molecule has 4 nitrogen and oxygen atoms in total. The summed E-state index contributed by atoms with van der Waals surface area (Å²) in [6, 6.07) is 20.5. The number of hydrogen-bond donors (Lipinski definition) is 1. The average molecular weight is 515 g/mol. The van der Waals surface area contributed by atoms with Crippen molar-refractivity contribution < 1.29 is 4.79 Å². The van der Waals surface area contributed by atoms with E-state index in [1.54, 1.807) is 30.6 Å². The number of nitrogens with zero attached hydrogens (tertiary/aromatic N) is 2. The SMILES string of the molecule is O=C(Cl)c1[nH]c2cc(Cl)ccc2c1-c1c(-c2ccccc2)ncn1Cc1ccc(Cl)cc1Cl. The number of benzene rings is 3. The first kappa shape index (κ1) is 22.1. The number of aromatic nitrogens is 3. The van der Waals surface area contributed by atoms with Crippen LogP contribution in [0.5, 0.6) is 0 Å². The molecule has 0 saturated heterocycles. The molecule has 0 aliphatic heterocycles. The number of imidazole rings is 1. The van der Waals surface area contributed by atoms with Crippen molar-refractivity contribution in [2.75, 3.05) is 0 Å². The largest absolute Gasteiger partial charge is 0.350 e. The van der Waals surface area contributed by atoms with Crippen LogP contribution in [0, 0.1) is 0 Å². The number of halogens is 4. The monoisotopic (exact) mass is 513 g/mol. The minimum atomic E-state index is -0.603. The molecule has 33 heavy (non-hydrogen) atoms. The highest BCUT2D eigenvalue weighted by Crippen LogP contribution is 2.40. The number of nitrogens with one attached hydrogen (secondary N) is 1. The minimum Gasteiger partial charge on any atom is -0.350 e. The van der Waals surface area contributed by atoms with Crippen LogP contribution < -0.4 is 0 Å². The van der Waals surface area contributed by atoms with Gasteiger partial charge in [0.1, 0.15) is 5.69 Å². The highest BCUT2D eigenvalue weighted by molar-refractivity contribution is 6.68. The maximum Gasteiger partial charge on any atom is 0.269 e. The molecule has 0 fully saturated rings. The highest BCUT2D eigenvalue weighted by atomic mass is 35.5. The Morgan fingerprint density at radius 1 is 0.939 bits per heavy atom. The van der Waals surface area contributed by atoms with E-state index in [0.29, 0.717) is 32.7 Å². The Bertz CT molecular complexity index is 1510. The quantitative estimate of drug-likeness (QED) is 0.241. The second-order valence-electron chi connectivity index (χ2n) is 7.51. The molecule has 0 radical (unpaired) electrons. The van der Waals surface area contributed by atoms with Gasteiger partial charge in [-0.3, -0.25) is 4.79 Å². The zero-order valence-electron chi connectivity index (χ0n) is 16.9. The molecular weight excluding hydrogens is 500 g/mol. The van der Waals surface area contributed by atoms with E-state index in [1.165, 1.54) is 0 Å². The summed E-state index contributed by atoms with van der Waals surface area (Å²) in [5.74, 6) is 0. The molecule has 0 aliphatic rings. The first-order valence-corrected chi connectivity index (χ1v) is 11.5. The molecule has 164 valence electrons. The molecular formula is C25H15Cl4N3O. The summed E-state index contributed by atoms with van der Waals surface area (Å²) < 4.78 is 1.96. The topological polar surface area (TPSA) is 50.7 Å². The Balaban J connectivity index is 1.80. The van der Waals surface area contributed by atoms with Gasteiger partial charge < -0.3 is 9.55 Å². The third-order valence-electron chi connectivity index (χ3n) is 5.43. The van der Waals surface area contributed by atoms with Gasteiger partial charge >= 0.3 is 0 Å². The van der Waals surface area contributed by atoms with Crippen molar-refractivity contribution in [3.63, 3.8) is 0 Å². The number of aromatic amines is 1. The number of H-pyrrole nitrogens is 1. The standard InChI is InChI=1S/C25H15Cl4N3O/c26-16-7-6-15(19(28)10-16)12-32-13-30-22(14-4-2-1-3-5-14)24(32)21-18-9-8-17(27)11-20(18)31-23(21)25(29)33/h1-11,13,31H,12H2. The van der Waals surface area contributed by atoms with Crippen LogP contribution >= 0.6 is 46.4 Å². The maximum atomic E-state index is 12.5. The van der Waals surface area contributed by atoms with Crippen LogP contribution in [-0.4, -0.2) is 19.8 Å². The Morgan fingerprint density at radius 2 is 1.67 bits per heavy atom. The highest BCUT2D eigenvalue weighted by Gasteiger charge is 2.25. The second kappa shape index (κ2) is 8.88. The first-order chi connectivity index (χ1) is 15.9. The third kappa shape index (κ3) is 4.16. The van der Waals surface area contributed by atoms with Gasteiger partial charge in [0.2, 0.25) is 0 Å². The van der Waals surface area contributed by atoms with Crippen molar-refractivity contribution >= 4 is 62.5 Å². The van der Waals surface area contributed by atoms with Crippen molar-refractivity contribution in [2.45, 2.75) is 6.54 Å². The smallest absolute Gasteiger partial charge is 0.269 e. The van der Waals surface area contributed by atoms with Crippen LogP contribution in [0.25, 0.3) is 33.4 Å². The van der Waals surface area contributed by atoms with E-state index in [1.807, 2.05) is 47.0 Å². The van der Waals surface area contributed by atoms with Gasteiger partial charge in [-0.25, -0.2) is 4.98 Å². The van der Waals surface area contributed by atoms with Gasteiger partial charge in [0.25, 0.3) is 5.24 Å². The van der Waals surface area contributed by atoms with Crippen LogP contribution in [0.3, 0.4) is 0 Å². The number of carbonyl (C=O) groups excluding carboxylic acids is 1. The second-order valence-corrected chi connectivity index (χ2v) is 9.13. The van der Waals surface area contributed by atoms with Crippen LogP contribution in [0.2, 0.25) is 15.1 Å². The molecule has 2 aromatic heterocycles. The van der Waals surface area contributed by atoms with Gasteiger partial charge in [0.05, 0.1) is 24.3 Å². The lowest BCUT2D eigenvalue weighted by molar-refractivity contribution is 0.107. The molecule has 0 unspecified atom stereocenters. The number of hydrogen-bond acceptors (Lipinski definition) is 2. The van der Waals surface area contributed by atoms with Crippen LogP contribution in [0.4, 0.5) is 0 Å². The zero-order chi connectivity index (χ0) is 23.1.